The molecule has 24 heavy (non-hydrogen) atoms. The SMILES string of the molecule is CCC(CNCc1ccccc1)N(CCN)NCc1ccccc1. The van der Waals surface area contributed by atoms with Gasteiger partial charge in [0.25, 0.3) is 0 Å². The Balaban J connectivity index is 1.83. The van der Waals surface area contributed by atoms with Crippen molar-refractivity contribution in [1.82, 2.24) is 15.8 Å². The van der Waals surface area contributed by atoms with Crippen molar-refractivity contribution in [3.8, 4) is 0 Å². The van der Waals surface area contributed by atoms with Crippen molar-refractivity contribution in [2.45, 2.75) is 32.5 Å². The van der Waals surface area contributed by atoms with E-state index >= 15 is 0 Å². The van der Waals surface area contributed by atoms with Crippen LogP contribution >= 0.6 is 0 Å². The monoisotopic (exact) mass is 326 g/mol. The smallest absolute Gasteiger partial charge is 0.0366 e. The molecular formula is C20H30N4. The zero-order valence-electron chi connectivity index (χ0n) is 14.6. The van der Waals surface area contributed by atoms with Crippen molar-refractivity contribution in [3.63, 3.8) is 0 Å². The summed E-state index contributed by atoms with van der Waals surface area (Å²) in [7, 11) is 0. The Bertz CT molecular complexity index is 544. The molecule has 1 unspecified atom stereocenters. The van der Waals surface area contributed by atoms with Gasteiger partial charge in [-0.05, 0) is 17.5 Å². The average molecular weight is 326 g/mol. The third-order valence-corrected chi connectivity index (χ3v) is 4.16. The first-order valence-corrected chi connectivity index (χ1v) is 8.82. The first kappa shape index (κ1) is 18.6. The van der Waals surface area contributed by atoms with Crippen LogP contribution in [-0.2, 0) is 13.1 Å². The summed E-state index contributed by atoms with van der Waals surface area (Å²) in [5.74, 6) is 0. The maximum atomic E-state index is 5.81. The normalized spacial score (nSPS) is 12.5. The molecule has 4 N–H and O–H groups in total. The van der Waals surface area contributed by atoms with Gasteiger partial charge in [-0.15, -0.1) is 0 Å². The van der Waals surface area contributed by atoms with Crippen molar-refractivity contribution in [2.24, 2.45) is 5.73 Å². The molecular weight excluding hydrogens is 296 g/mol. The van der Waals surface area contributed by atoms with Crippen molar-refractivity contribution in [1.29, 1.82) is 0 Å². The van der Waals surface area contributed by atoms with Crippen molar-refractivity contribution < 1.29 is 0 Å². The van der Waals surface area contributed by atoms with Gasteiger partial charge in [-0.2, -0.15) is 0 Å². The van der Waals surface area contributed by atoms with E-state index in [0.29, 0.717) is 12.6 Å². The second-order valence-electron chi connectivity index (χ2n) is 5.98. The number of nitrogens with zero attached hydrogens (tertiary/aromatic N) is 1. The molecule has 130 valence electrons. The minimum absolute atomic E-state index is 0.418. The first-order chi connectivity index (χ1) is 11.8. The second kappa shape index (κ2) is 10.9. The zero-order valence-corrected chi connectivity index (χ0v) is 14.6. The predicted octanol–water partition coefficient (Wildman–Crippen LogP) is 2.52. The molecule has 0 spiro atoms. The second-order valence-corrected chi connectivity index (χ2v) is 5.98. The van der Waals surface area contributed by atoms with Gasteiger partial charge < -0.3 is 11.1 Å². The lowest BCUT2D eigenvalue weighted by Crippen LogP contribution is -2.51. The Morgan fingerprint density at radius 3 is 2.04 bits per heavy atom. The number of hydrazine groups is 1. The topological polar surface area (TPSA) is 53.3 Å². The van der Waals surface area contributed by atoms with E-state index in [1.54, 1.807) is 0 Å². The van der Waals surface area contributed by atoms with Gasteiger partial charge in [0.15, 0.2) is 0 Å². The molecule has 4 heteroatoms. The highest BCUT2D eigenvalue weighted by atomic mass is 15.5. The van der Waals surface area contributed by atoms with Crippen LogP contribution in [0.25, 0.3) is 0 Å². The molecule has 0 bridgehead atoms. The lowest BCUT2D eigenvalue weighted by molar-refractivity contribution is 0.118. The number of nitrogens with two attached hydrogens (primary N) is 1. The Morgan fingerprint density at radius 2 is 1.50 bits per heavy atom. The largest absolute Gasteiger partial charge is 0.329 e. The number of rotatable bonds is 11. The minimum atomic E-state index is 0.418. The molecule has 0 saturated heterocycles. The van der Waals surface area contributed by atoms with Crippen LogP contribution in [0.1, 0.15) is 24.5 Å². The molecule has 2 rings (SSSR count). The van der Waals surface area contributed by atoms with Crippen molar-refractivity contribution in [2.75, 3.05) is 19.6 Å². The first-order valence-electron chi connectivity index (χ1n) is 8.82. The van der Waals surface area contributed by atoms with Gasteiger partial charge in [-0.25, -0.2) is 5.01 Å². The van der Waals surface area contributed by atoms with E-state index < -0.39 is 0 Å². The van der Waals surface area contributed by atoms with E-state index in [4.69, 9.17) is 5.73 Å². The summed E-state index contributed by atoms with van der Waals surface area (Å²) in [5, 5.41) is 5.85. The van der Waals surface area contributed by atoms with E-state index in [9.17, 15) is 0 Å². The average Bonchev–Trinajstić information content (AvgIpc) is 2.64. The van der Waals surface area contributed by atoms with Crippen LogP contribution in [0, 0.1) is 0 Å². The molecule has 0 amide bonds. The molecule has 0 fully saturated rings. The van der Waals surface area contributed by atoms with Crippen LogP contribution < -0.4 is 16.5 Å². The fraction of sp³-hybridized carbons (Fsp3) is 0.400. The van der Waals surface area contributed by atoms with Gasteiger partial charge in [-0.3, -0.25) is 5.43 Å². The van der Waals surface area contributed by atoms with E-state index in [-0.39, 0.29) is 0 Å². The van der Waals surface area contributed by atoms with Gasteiger partial charge >= 0.3 is 0 Å². The Morgan fingerprint density at radius 1 is 0.917 bits per heavy atom. The summed E-state index contributed by atoms with van der Waals surface area (Å²) in [4.78, 5) is 0. The van der Waals surface area contributed by atoms with Crippen molar-refractivity contribution in [3.05, 3.63) is 71.8 Å². The highest BCUT2D eigenvalue weighted by molar-refractivity contribution is 5.15. The van der Waals surface area contributed by atoms with Crippen LogP contribution in [0.4, 0.5) is 0 Å². The van der Waals surface area contributed by atoms with Crippen LogP contribution in [0.2, 0.25) is 0 Å². The molecule has 0 saturated carbocycles. The molecule has 0 aliphatic heterocycles. The molecule has 2 aromatic rings. The Hall–Kier alpha value is -1.72. The number of benzene rings is 2. The van der Waals surface area contributed by atoms with Crippen LogP contribution in [0.3, 0.4) is 0 Å². The maximum absolute atomic E-state index is 5.81. The Labute approximate surface area is 146 Å². The fourth-order valence-electron chi connectivity index (χ4n) is 2.77. The summed E-state index contributed by atoms with van der Waals surface area (Å²) < 4.78 is 0. The predicted molar refractivity (Wildman–Crippen MR) is 101 cm³/mol. The summed E-state index contributed by atoms with van der Waals surface area (Å²) in [6.07, 6.45) is 1.07. The number of hydrogen-bond acceptors (Lipinski definition) is 4. The van der Waals surface area contributed by atoms with Gasteiger partial charge in [0.2, 0.25) is 0 Å². The van der Waals surface area contributed by atoms with E-state index in [1.165, 1.54) is 11.1 Å². The zero-order chi connectivity index (χ0) is 17.0. The van der Waals surface area contributed by atoms with Gasteiger partial charge in [-0.1, -0.05) is 67.6 Å². The summed E-state index contributed by atoms with van der Waals surface area (Å²) in [6, 6.07) is 21.4. The molecule has 1 atom stereocenters. The highest BCUT2D eigenvalue weighted by Gasteiger charge is 2.15. The molecule has 0 aromatic heterocycles. The summed E-state index contributed by atoms with van der Waals surface area (Å²) in [5.41, 5.74) is 12.0. The number of hydrogen-bond donors (Lipinski definition) is 3. The summed E-state index contributed by atoms with van der Waals surface area (Å²) in [6.45, 7) is 6.38. The van der Waals surface area contributed by atoms with Crippen LogP contribution in [0.5, 0.6) is 0 Å². The quantitative estimate of drug-likeness (QED) is 0.556. The van der Waals surface area contributed by atoms with Crippen LogP contribution in [-0.4, -0.2) is 30.7 Å². The third-order valence-electron chi connectivity index (χ3n) is 4.16. The third kappa shape index (κ3) is 6.42. The molecule has 0 aliphatic carbocycles. The molecule has 0 aliphatic rings. The van der Waals surface area contributed by atoms with Crippen molar-refractivity contribution >= 4 is 0 Å². The van der Waals surface area contributed by atoms with E-state index in [1.807, 2.05) is 6.07 Å². The minimum Gasteiger partial charge on any atom is -0.329 e. The lowest BCUT2D eigenvalue weighted by Gasteiger charge is -2.31. The molecule has 2 aromatic carbocycles. The van der Waals surface area contributed by atoms with E-state index in [0.717, 1.165) is 32.6 Å². The highest BCUT2D eigenvalue weighted by Crippen LogP contribution is 2.04. The Kier molecular flexibility index (Phi) is 8.49. The molecule has 0 radical (unpaired) electrons. The lowest BCUT2D eigenvalue weighted by atomic mass is 10.2. The molecule has 4 nitrogen and oxygen atoms in total. The van der Waals surface area contributed by atoms with Gasteiger partial charge in [0, 0.05) is 38.8 Å². The van der Waals surface area contributed by atoms with Crippen LogP contribution in [0.15, 0.2) is 60.7 Å². The van der Waals surface area contributed by atoms with E-state index in [2.05, 4.69) is 77.3 Å². The van der Waals surface area contributed by atoms with Gasteiger partial charge in [0.1, 0.15) is 0 Å². The fourth-order valence-corrected chi connectivity index (χ4v) is 2.77. The molecule has 0 heterocycles. The maximum Gasteiger partial charge on any atom is 0.0366 e. The number of nitrogens with one attached hydrogen (secondary N) is 2. The summed E-state index contributed by atoms with van der Waals surface area (Å²) >= 11 is 0. The van der Waals surface area contributed by atoms with Gasteiger partial charge in [0.05, 0.1) is 0 Å². The standard InChI is InChI=1S/C20H30N4/c1-2-20(17-22-15-18-9-5-3-6-10-18)24(14-13-21)23-16-19-11-7-4-8-12-19/h3-12,20,22-23H,2,13-17,21H2,1H3.